The molecule has 1 aromatic rings. The normalized spacial score (nSPS) is 12.4. The molecule has 0 fully saturated rings. The van der Waals surface area contributed by atoms with E-state index in [1.54, 1.807) is 13.3 Å². The number of nitrogens with two attached hydrogens (primary N) is 1. The van der Waals surface area contributed by atoms with Gasteiger partial charge in [0.15, 0.2) is 0 Å². The Bertz CT molecular complexity index is 330. The van der Waals surface area contributed by atoms with Gasteiger partial charge in [0, 0.05) is 25.3 Å². The number of ether oxygens (including phenoxy) is 3. The van der Waals surface area contributed by atoms with Gasteiger partial charge in [-0.25, -0.2) is 0 Å². The minimum atomic E-state index is 0.174. The maximum absolute atomic E-state index is 5.88. The molecular formula is C14H24N2O3. The van der Waals surface area contributed by atoms with Gasteiger partial charge >= 0.3 is 0 Å². The molecule has 0 saturated carbocycles. The third kappa shape index (κ3) is 7.10. The molecule has 19 heavy (non-hydrogen) atoms. The van der Waals surface area contributed by atoms with Gasteiger partial charge in [0.25, 0.3) is 0 Å². The van der Waals surface area contributed by atoms with E-state index in [0.29, 0.717) is 26.4 Å². The smallest absolute Gasteiger partial charge is 0.137 e. The lowest BCUT2D eigenvalue weighted by Gasteiger charge is -2.09. The summed E-state index contributed by atoms with van der Waals surface area (Å²) in [4.78, 5) is 4.33. The molecule has 0 aromatic carbocycles. The van der Waals surface area contributed by atoms with Gasteiger partial charge in [0.1, 0.15) is 12.4 Å². The number of aromatic nitrogens is 1. The van der Waals surface area contributed by atoms with Crippen LogP contribution in [-0.4, -0.2) is 44.6 Å². The average Bonchev–Trinajstić information content (AvgIpc) is 2.44. The number of pyridine rings is 1. The largest absolute Gasteiger partial charge is 0.490 e. The maximum atomic E-state index is 5.88. The van der Waals surface area contributed by atoms with E-state index in [0.717, 1.165) is 24.3 Å². The first kappa shape index (κ1) is 15.9. The highest BCUT2D eigenvalue weighted by Crippen LogP contribution is 2.10. The molecule has 1 rings (SSSR count). The number of rotatable bonds is 10. The molecule has 108 valence electrons. The Balaban J connectivity index is 2.21. The molecule has 0 aliphatic rings. The van der Waals surface area contributed by atoms with Gasteiger partial charge in [-0.2, -0.15) is 0 Å². The molecular weight excluding hydrogens is 244 g/mol. The summed E-state index contributed by atoms with van der Waals surface area (Å²) in [6.45, 7) is 4.33. The Morgan fingerprint density at radius 1 is 1.21 bits per heavy atom. The van der Waals surface area contributed by atoms with Crippen LogP contribution < -0.4 is 10.5 Å². The van der Waals surface area contributed by atoms with Gasteiger partial charge < -0.3 is 19.9 Å². The zero-order valence-electron chi connectivity index (χ0n) is 11.8. The van der Waals surface area contributed by atoms with Gasteiger partial charge in [0.2, 0.25) is 0 Å². The highest BCUT2D eigenvalue weighted by molar-refractivity contribution is 5.20. The van der Waals surface area contributed by atoms with Gasteiger partial charge in [-0.3, -0.25) is 4.98 Å². The lowest BCUT2D eigenvalue weighted by Crippen LogP contribution is -2.21. The van der Waals surface area contributed by atoms with Crippen molar-refractivity contribution >= 4 is 0 Å². The fourth-order valence-electron chi connectivity index (χ4n) is 1.49. The van der Waals surface area contributed by atoms with Crippen LogP contribution in [0, 0.1) is 0 Å². The molecule has 5 nitrogen and oxygen atoms in total. The molecule has 0 aliphatic carbocycles. The predicted molar refractivity (Wildman–Crippen MR) is 74.4 cm³/mol. The van der Waals surface area contributed by atoms with Crippen molar-refractivity contribution in [2.24, 2.45) is 5.73 Å². The minimum absolute atomic E-state index is 0.174. The summed E-state index contributed by atoms with van der Waals surface area (Å²) in [7, 11) is 1.65. The van der Waals surface area contributed by atoms with Crippen molar-refractivity contribution in [3.05, 3.63) is 24.0 Å². The van der Waals surface area contributed by atoms with Gasteiger partial charge in [-0.05, 0) is 18.6 Å². The van der Waals surface area contributed by atoms with Crippen LogP contribution in [0.1, 0.15) is 19.0 Å². The average molecular weight is 268 g/mol. The summed E-state index contributed by atoms with van der Waals surface area (Å²) in [6.07, 6.45) is 3.49. The van der Waals surface area contributed by atoms with E-state index >= 15 is 0 Å². The Morgan fingerprint density at radius 3 is 2.63 bits per heavy atom. The number of methoxy groups -OCH3 is 1. The van der Waals surface area contributed by atoms with Crippen molar-refractivity contribution in [2.75, 3.05) is 33.5 Å². The monoisotopic (exact) mass is 268 g/mol. The van der Waals surface area contributed by atoms with Crippen molar-refractivity contribution in [3.8, 4) is 5.75 Å². The van der Waals surface area contributed by atoms with Crippen molar-refractivity contribution in [1.82, 2.24) is 4.98 Å². The van der Waals surface area contributed by atoms with E-state index in [9.17, 15) is 0 Å². The molecule has 2 N–H and O–H groups in total. The van der Waals surface area contributed by atoms with Crippen LogP contribution in [0.15, 0.2) is 18.3 Å². The van der Waals surface area contributed by atoms with Crippen molar-refractivity contribution in [2.45, 2.75) is 25.8 Å². The first-order valence-electron chi connectivity index (χ1n) is 6.66. The molecule has 1 heterocycles. The SMILES string of the molecule is CCC(N)Cc1ccc(OCCOCCOC)cn1. The topological polar surface area (TPSA) is 66.6 Å². The fourth-order valence-corrected chi connectivity index (χ4v) is 1.49. The second kappa shape index (κ2) is 9.72. The summed E-state index contributed by atoms with van der Waals surface area (Å²) in [5.74, 6) is 0.754. The number of nitrogens with zero attached hydrogens (tertiary/aromatic N) is 1. The van der Waals surface area contributed by atoms with Crippen LogP contribution in [0.3, 0.4) is 0 Å². The summed E-state index contributed by atoms with van der Waals surface area (Å²) >= 11 is 0. The molecule has 0 amide bonds. The van der Waals surface area contributed by atoms with Crippen molar-refractivity contribution in [3.63, 3.8) is 0 Å². The molecule has 0 bridgehead atoms. The van der Waals surface area contributed by atoms with Crippen LogP contribution in [-0.2, 0) is 15.9 Å². The van der Waals surface area contributed by atoms with Gasteiger partial charge in [0.05, 0.1) is 26.0 Å². The summed E-state index contributed by atoms with van der Waals surface area (Å²) in [5.41, 5.74) is 6.88. The Labute approximate surface area is 115 Å². The van der Waals surface area contributed by atoms with Gasteiger partial charge in [-0.1, -0.05) is 6.92 Å². The van der Waals surface area contributed by atoms with E-state index in [4.69, 9.17) is 19.9 Å². The van der Waals surface area contributed by atoms with Crippen LogP contribution in [0.4, 0.5) is 0 Å². The highest BCUT2D eigenvalue weighted by atomic mass is 16.5. The first-order chi connectivity index (χ1) is 9.26. The van der Waals surface area contributed by atoms with Crippen LogP contribution in [0.25, 0.3) is 0 Å². The third-order valence-corrected chi connectivity index (χ3v) is 2.72. The summed E-state index contributed by atoms with van der Waals surface area (Å²) < 4.78 is 15.7. The van der Waals surface area contributed by atoms with Crippen molar-refractivity contribution in [1.29, 1.82) is 0 Å². The maximum Gasteiger partial charge on any atom is 0.137 e. The standard InChI is InChI=1S/C14H24N2O3/c1-3-12(15)10-13-4-5-14(11-16-13)19-9-8-18-7-6-17-2/h4-5,11-12H,3,6-10,15H2,1-2H3. The molecule has 0 aliphatic heterocycles. The second-order valence-electron chi connectivity index (χ2n) is 4.31. The van der Waals surface area contributed by atoms with E-state index in [-0.39, 0.29) is 6.04 Å². The molecule has 1 aromatic heterocycles. The quantitative estimate of drug-likeness (QED) is 0.650. The highest BCUT2D eigenvalue weighted by Gasteiger charge is 2.03. The second-order valence-corrected chi connectivity index (χ2v) is 4.31. The van der Waals surface area contributed by atoms with Crippen LogP contribution >= 0.6 is 0 Å². The molecule has 1 atom stereocenters. The zero-order chi connectivity index (χ0) is 13.9. The van der Waals surface area contributed by atoms with Crippen LogP contribution in [0.2, 0.25) is 0 Å². The molecule has 0 saturated heterocycles. The third-order valence-electron chi connectivity index (χ3n) is 2.72. The fraction of sp³-hybridized carbons (Fsp3) is 0.643. The lowest BCUT2D eigenvalue weighted by atomic mass is 10.1. The number of hydrogen-bond acceptors (Lipinski definition) is 5. The van der Waals surface area contributed by atoms with E-state index < -0.39 is 0 Å². The summed E-state index contributed by atoms with van der Waals surface area (Å²) in [5, 5.41) is 0. The zero-order valence-corrected chi connectivity index (χ0v) is 11.8. The lowest BCUT2D eigenvalue weighted by molar-refractivity contribution is 0.0543. The molecule has 0 radical (unpaired) electrons. The van der Waals surface area contributed by atoms with Crippen molar-refractivity contribution < 1.29 is 14.2 Å². The predicted octanol–water partition coefficient (Wildman–Crippen LogP) is 1.40. The summed E-state index contributed by atoms with van der Waals surface area (Å²) in [6, 6.07) is 4.05. The van der Waals surface area contributed by atoms with Crippen LogP contribution in [0.5, 0.6) is 5.75 Å². The Morgan fingerprint density at radius 2 is 2.00 bits per heavy atom. The Hall–Kier alpha value is -1.17. The van der Waals surface area contributed by atoms with E-state index in [2.05, 4.69) is 11.9 Å². The molecule has 5 heteroatoms. The first-order valence-corrected chi connectivity index (χ1v) is 6.66. The van der Waals surface area contributed by atoms with Gasteiger partial charge in [-0.15, -0.1) is 0 Å². The molecule has 0 spiro atoms. The molecule has 1 unspecified atom stereocenters. The minimum Gasteiger partial charge on any atom is -0.490 e. The van der Waals surface area contributed by atoms with E-state index in [1.807, 2.05) is 12.1 Å². The Kier molecular flexibility index (Phi) is 8.13. The number of hydrogen-bond donors (Lipinski definition) is 1. The van der Waals surface area contributed by atoms with E-state index in [1.165, 1.54) is 0 Å².